The summed E-state index contributed by atoms with van der Waals surface area (Å²) in [6, 6.07) is 11.6. The fraction of sp³-hybridized carbons (Fsp3) is 0.333. The van der Waals surface area contributed by atoms with Gasteiger partial charge in [-0.25, -0.2) is 0 Å². The predicted molar refractivity (Wildman–Crippen MR) is 77.2 cm³/mol. The van der Waals surface area contributed by atoms with Crippen LogP contribution in [0.15, 0.2) is 41.8 Å². The molecule has 0 saturated carbocycles. The Kier molecular flexibility index (Phi) is 4.04. The summed E-state index contributed by atoms with van der Waals surface area (Å²) in [4.78, 5) is 1.40. The van der Waals surface area contributed by atoms with Crippen molar-refractivity contribution in [3.63, 3.8) is 0 Å². The Bertz CT molecular complexity index is 474. The minimum Gasteiger partial charge on any atom is -0.508 e. The normalized spacial score (nSPS) is 11.7. The smallest absolute Gasteiger partial charge is 0.115 e. The van der Waals surface area contributed by atoms with Crippen LogP contribution in [0.2, 0.25) is 0 Å². The lowest BCUT2D eigenvalue weighted by Crippen LogP contribution is -2.31. The average Bonchev–Trinajstić information content (AvgIpc) is 2.86. The van der Waals surface area contributed by atoms with Gasteiger partial charge in [0.25, 0.3) is 0 Å². The maximum atomic E-state index is 9.22. The van der Waals surface area contributed by atoms with Crippen molar-refractivity contribution in [2.45, 2.75) is 25.8 Å². The first-order valence-corrected chi connectivity index (χ1v) is 6.98. The Balaban J connectivity index is 1.87. The Morgan fingerprint density at radius 1 is 1.17 bits per heavy atom. The van der Waals surface area contributed by atoms with E-state index in [1.165, 1.54) is 10.4 Å². The maximum Gasteiger partial charge on any atom is 0.115 e. The van der Waals surface area contributed by atoms with E-state index in [0.717, 1.165) is 13.1 Å². The first kappa shape index (κ1) is 13.1. The third-order valence-electron chi connectivity index (χ3n) is 3.02. The lowest BCUT2D eigenvalue weighted by Gasteiger charge is -2.23. The van der Waals surface area contributed by atoms with Crippen LogP contribution >= 0.6 is 11.3 Å². The molecule has 1 aromatic carbocycles. The second-order valence-corrected chi connectivity index (χ2v) is 6.08. The van der Waals surface area contributed by atoms with Crippen molar-refractivity contribution in [1.82, 2.24) is 5.32 Å². The van der Waals surface area contributed by atoms with Gasteiger partial charge >= 0.3 is 0 Å². The van der Waals surface area contributed by atoms with Crippen LogP contribution in [0.4, 0.5) is 0 Å². The van der Waals surface area contributed by atoms with Crippen LogP contribution in [-0.4, -0.2) is 11.7 Å². The van der Waals surface area contributed by atoms with Crippen LogP contribution in [0.3, 0.4) is 0 Å². The SMILES string of the molecule is CC(C)(CNCc1ccc(O)cc1)c1cccs1. The lowest BCUT2D eigenvalue weighted by atomic mass is 9.91. The zero-order chi connectivity index (χ0) is 13.0. The molecule has 0 unspecified atom stereocenters. The summed E-state index contributed by atoms with van der Waals surface area (Å²) in [6.07, 6.45) is 0. The molecular formula is C15H19NOS. The zero-order valence-electron chi connectivity index (χ0n) is 10.8. The summed E-state index contributed by atoms with van der Waals surface area (Å²) in [5.41, 5.74) is 1.35. The molecule has 1 aromatic heterocycles. The monoisotopic (exact) mass is 261 g/mol. The van der Waals surface area contributed by atoms with Gasteiger partial charge in [-0.15, -0.1) is 11.3 Å². The molecule has 0 atom stereocenters. The predicted octanol–water partition coefficient (Wildman–Crippen LogP) is 3.52. The Labute approximate surface area is 112 Å². The fourth-order valence-electron chi connectivity index (χ4n) is 1.88. The number of hydrogen-bond acceptors (Lipinski definition) is 3. The van der Waals surface area contributed by atoms with Gasteiger partial charge in [0.15, 0.2) is 0 Å². The van der Waals surface area contributed by atoms with E-state index < -0.39 is 0 Å². The second kappa shape index (κ2) is 5.55. The summed E-state index contributed by atoms with van der Waals surface area (Å²) in [6.45, 7) is 6.27. The molecule has 1 heterocycles. The number of hydrogen-bond donors (Lipinski definition) is 2. The zero-order valence-corrected chi connectivity index (χ0v) is 11.6. The van der Waals surface area contributed by atoms with Gasteiger partial charge in [0.1, 0.15) is 5.75 Å². The van der Waals surface area contributed by atoms with E-state index in [0.29, 0.717) is 5.75 Å². The van der Waals surface area contributed by atoms with Gasteiger partial charge in [0.05, 0.1) is 0 Å². The molecule has 0 amide bonds. The Morgan fingerprint density at radius 3 is 2.50 bits per heavy atom. The fourth-order valence-corrected chi connectivity index (χ4v) is 2.74. The van der Waals surface area contributed by atoms with E-state index in [-0.39, 0.29) is 5.41 Å². The van der Waals surface area contributed by atoms with Crippen LogP contribution in [-0.2, 0) is 12.0 Å². The van der Waals surface area contributed by atoms with Gasteiger partial charge in [-0.05, 0) is 29.1 Å². The maximum absolute atomic E-state index is 9.22. The van der Waals surface area contributed by atoms with Gasteiger partial charge in [-0.2, -0.15) is 0 Å². The third-order valence-corrected chi connectivity index (χ3v) is 4.26. The Hall–Kier alpha value is -1.32. The molecule has 96 valence electrons. The van der Waals surface area contributed by atoms with Crippen LogP contribution in [0.5, 0.6) is 5.75 Å². The molecule has 2 N–H and O–H groups in total. The molecule has 0 radical (unpaired) electrons. The summed E-state index contributed by atoms with van der Waals surface area (Å²) < 4.78 is 0. The van der Waals surface area contributed by atoms with Crippen LogP contribution in [0, 0.1) is 0 Å². The minimum absolute atomic E-state index is 0.158. The number of phenolic OH excluding ortho intramolecular Hbond substituents is 1. The van der Waals surface area contributed by atoms with Crippen LogP contribution in [0.25, 0.3) is 0 Å². The third kappa shape index (κ3) is 3.34. The van der Waals surface area contributed by atoms with Crippen molar-refractivity contribution < 1.29 is 5.11 Å². The molecular weight excluding hydrogens is 242 g/mol. The van der Waals surface area contributed by atoms with Crippen molar-refractivity contribution in [2.75, 3.05) is 6.54 Å². The van der Waals surface area contributed by atoms with Crippen molar-refractivity contribution in [2.24, 2.45) is 0 Å². The molecule has 2 rings (SSSR count). The molecule has 3 heteroatoms. The van der Waals surface area contributed by atoms with Crippen molar-refractivity contribution >= 4 is 11.3 Å². The highest BCUT2D eigenvalue weighted by atomic mass is 32.1. The second-order valence-electron chi connectivity index (χ2n) is 5.13. The topological polar surface area (TPSA) is 32.3 Å². The molecule has 0 bridgehead atoms. The van der Waals surface area contributed by atoms with E-state index in [2.05, 4.69) is 36.7 Å². The lowest BCUT2D eigenvalue weighted by molar-refractivity contribution is 0.471. The molecule has 2 nitrogen and oxygen atoms in total. The molecule has 0 aliphatic heterocycles. The molecule has 2 aromatic rings. The largest absolute Gasteiger partial charge is 0.508 e. The van der Waals surface area contributed by atoms with Gasteiger partial charge in [0.2, 0.25) is 0 Å². The van der Waals surface area contributed by atoms with E-state index in [9.17, 15) is 5.11 Å². The summed E-state index contributed by atoms with van der Waals surface area (Å²) in [5, 5.41) is 14.8. The van der Waals surface area contributed by atoms with E-state index in [1.54, 1.807) is 23.5 Å². The molecule has 0 spiro atoms. The van der Waals surface area contributed by atoms with Crippen LogP contribution < -0.4 is 5.32 Å². The average molecular weight is 261 g/mol. The summed E-state index contributed by atoms with van der Waals surface area (Å²) >= 11 is 1.81. The highest BCUT2D eigenvalue weighted by molar-refractivity contribution is 7.10. The van der Waals surface area contributed by atoms with Gasteiger partial charge in [-0.3, -0.25) is 0 Å². The molecule has 18 heavy (non-hydrogen) atoms. The van der Waals surface area contributed by atoms with Gasteiger partial charge in [-0.1, -0.05) is 32.0 Å². The van der Waals surface area contributed by atoms with Gasteiger partial charge < -0.3 is 10.4 Å². The summed E-state index contributed by atoms with van der Waals surface area (Å²) in [5.74, 6) is 0.317. The number of phenols is 1. The number of thiophene rings is 1. The first-order chi connectivity index (χ1) is 8.58. The standard InChI is InChI=1S/C15H19NOS/c1-15(2,14-4-3-9-18-14)11-16-10-12-5-7-13(17)8-6-12/h3-9,16-17H,10-11H2,1-2H3. The number of aromatic hydroxyl groups is 1. The molecule has 0 aliphatic rings. The number of rotatable bonds is 5. The van der Waals surface area contributed by atoms with E-state index in [4.69, 9.17) is 0 Å². The van der Waals surface area contributed by atoms with Gasteiger partial charge in [0, 0.05) is 23.4 Å². The van der Waals surface area contributed by atoms with Crippen molar-refractivity contribution in [3.05, 3.63) is 52.2 Å². The number of nitrogens with one attached hydrogen (secondary N) is 1. The van der Waals surface area contributed by atoms with E-state index >= 15 is 0 Å². The Morgan fingerprint density at radius 2 is 1.89 bits per heavy atom. The van der Waals surface area contributed by atoms with Crippen molar-refractivity contribution in [1.29, 1.82) is 0 Å². The molecule has 0 saturated heterocycles. The summed E-state index contributed by atoms with van der Waals surface area (Å²) in [7, 11) is 0. The highest BCUT2D eigenvalue weighted by Gasteiger charge is 2.20. The molecule has 0 fully saturated rings. The minimum atomic E-state index is 0.158. The highest BCUT2D eigenvalue weighted by Crippen LogP contribution is 2.26. The number of benzene rings is 1. The quantitative estimate of drug-likeness (QED) is 0.863. The van der Waals surface area contributed by atoms with Crippen LogP contribution in [0.1, 0.15) is 24.3 Å². The first-order valence-electron chi connectivity index (χ1n) is 6.10. The van der Waals surface area contributed by atoms with Crippen molar-refractivity contribution in [3.8, 4) is 5.75 Å². The molecule has 0 aliphatic carbocycles. The van der Waals surface area contributed by atoms with E-state index in [1.807, 2.05) is 12.1 Å².